The second-order valence-electron chi connectivity index (χ2n) is 7.06. The lowest BCUT2D eigenvalue weighted by Gasteiger charge is -2.18. The van der Waals surface area contributed by atoms with Crippen molar-refractivity contribution < 1.29 is 9.59 Å². The Bertz CT molecular complexity index is 776. The number of carbonyl (C=O) groups is 2. The second kappa shape index (κ2) is 9.21. The van der Waals surface area contributed by atoms with Crippen molar-refractivity contribution in [1.29, 1.82) is 0 Å². The fourth-order valence-electron chi connectivity index (χ4n) is 3.43. The average Bonchev–Trinajstić information content (AvgIpc) is 3.16. The molecule has 2 aromatic carbocycles. The van der Waals surface area contributed by atoms with Crippen LogP contribution >= 0.6 is 0 Å². The van der Waals surface area contributed by atoms with Crippen molar-refractivity contribution in [3.63, 3.8) is 0 Å². The average molecular weight is 365 g/mol. The molecule has 27 heavy (non-hydrogen) atoms. The molecule has 1 fully saturated rings. The Labute approximate surface area is 160 Å². The number of amides is 2. The van der Waals surface area contributed by atoms with Crippen molar-refractivity contribution >= 4 is 17.5 Å². The Morgan fingerprint density at radius 2 is 1.78 bits per heavy atom. The minimum absolute atomic E-state index is 0.0155. The zero-order valence-corrected chi connectivity index (χ0v) is 15.8. The Hall–Kier alpha value is -2.82. The van der Waals surface area contributed by atoms with E-state index >= 15 is 0 Å². The second-order valence-corrected chi connectivity index (χ2v) is 7.06. The van der Waals surface area contributed by atoms with Crippen molar-refractivity contribution in [3.8, 4) is 0 Å². The van der Waals surface area contributed by atoms with Crippen LogP contribution < -0.4 is 15.5 Å². The smallest absolute Gasteiger partial charge is 0.251 e. The molecule has 0 radical (unpaired) electrons. The van der Waals surface area contributed by atoms with E-state index in [1.807, 2.05) is 31.2 Å². The highest BCUT2D eigenvalue weighted by molar-refractivity contribution is 5.95. The molecular weight excluding hydrogens is 338 g/mol. The van der Waals surface area contributed by atoms with Gasteiger partial charge in [-0.2, -0.15) is 0 Å². The van der Waals surface area contributed by atoms with Crippen LogP contribution in [0.4, 0.5) is 5.69 Å². The van der Waals surface area contributed by atoms with Gasteiger partial charge in [-0.25, -0.2) is 0 Å². The van der Waals surface area contributed by atoms with Crippen LogP contribution in [0.1, 0.15) is 28.8 Å². The minimum atomic E-state index is -0.129. The molecule has 5 nitrogen and oxygen atoms in total. The van der Waals surface area contributed by atoms with E-state index in [9.17, 15) is 9.59 Å². The van der Waals surface area contributed by atoms with E-state index in [4.69, 9.17) is 0 Å². The van der Waals surface area contributed by atoms with Gasteiger partial charge < -0.3 is 15.5 Å². The van der Waals surface area contributed by atoms with E-state index < -0.39 is 0 Å². The molecule has 0 aliphatic carbocycles. The van der Waals surface area contributed by atoms with Gasteiger partial charge in [-0.05, 0) is 43.0 Å². The number of hydrogen-bond acceptors (Lipinski definition) is 3. The van der Waals surface area contributed by atoms with Crippen LogP contribution in [0.5, 0.6) is 0 Å². The van der Waals surface area contributed by atoms with E-state index in [1.54, 1.807) is 6.07 Å². The Morgan fingerprint density at radius 3 is 2.56 bits per heavy atom. The molecule has 1 heterocycles. The molecule has 0 aromatic heterocycles. The van der Waals surface area contributed by atoms with E-state index in [1.165, 1.54) is 5.69 Å². The topological polar surface area (TPSA) is 61.4 Å². The largest absolute Gasteiger partial charge is 0.371 e. The SMILES string of the molecule is Cc1ccccc1C(=O)NCCC(=O)NCC1CCN(c2ccccc2)C1. The van der Waals surface area contributed by atoms with Crippen molar-refractivity contribution in [3.05, 3.63) is 65.7 Å². The minimum Gasteiger partial charge on any atom is -0.371 e. The number of para-hydroxylation sites is 1. The highest BCUT2D eigenvalue weighted by Crippen LogP contribution is 2.22. The third-order valence-electron chi connectivity index (χ3n) is 5.02. The summed E-state index contributed by atoms with van der Waals surface area (Å²) in [5.74, 6) is 0.323. The fourth-order valence-corrected chi connectivity index (χ4v) is 3.43. The Balaban J connectivity index is 1.34. The van der Waals surface area contributed by atoms with Gasteiger partial charge in [-0.3, -0.25) is 9.59 Å². The maximum atomic E-state index is 12.1. The third kappa shape index (κ3) is 5.33. The lowest BCUT2D eigenvalue weighted by atomic mass is 10.1. The first kappa shape index (κ1) is 19.0. The fraction of sp³-hybridized carbons (Fsp3) is 0.364. The normalized spacial score (nSPS) is 16.2. The summed E-state index contributed by atoms with van der Waals surface area (Å²) in [5.41, 5.74) is 2.83. The van der Waals surface area contributed by atoms with Gasteiger partial charge in [0.25, 0.3) is 5.91 Å². The molecule has 0 spiro atoms. The molecular formula is C22H27N3O2. The highest BCUT2D eigenvalue weighted by Gasteiger charge is 2.22. The molecule has 5 heteroatoms. The number of nitrogens with one attached hydrogen (secondary N) is 2. The van der Waals surface area contributed by atoms with Crippen molar-refractivity contribution in [2.75, 3.05) is 31.1 Å². The molecule has 1 unspecified atom stereocenters. The molecule has 1 aliphatic heterocycles. The van der Waals surface area contributed by atoms with Crippen LogP contribution in [-0.4, -0.2) is 38.0 Å². The molecule has 2 aromatic rings. The van der Waals surface area contributed by atoms with Gasteiger partial charge in [0.2, 0.25) is 5.91 Å². The molecule has 2 N–H and O–H groups in total. The number of carbonyl (C=O) groups excluding carboxylic acids is 2. The highest BCUT2D eigenvalue weighted by atomic mass is 16.2. The predicted molar refractivity (Wildman–Crippen MR) is 108 cm³/mol. The van der Waals surface area contributed by atoms with Gasteiger partial charge in [0.05, 0.1) is 0 Å². The van der Waals surface area contributed by atoms with Crippen LogP contribution in [0.2, 0.25) is 0 Å². The summed E-state index contributed by atoms with van der Waals surface area (Å²) in [5, 5.41) is 5.82. The predicted octanol–water partition coefficient (Wildman–Crippen LogP) is 2.76. The molecule has 2 amide bonds. The first-order chi connectivity index (χ1) is 13.1. The molecule has 1 atom stereocenters. The van der Waals surface area contributed by atoms with Crippen LogP contribution in [0.25, 0.3) is 0 Å². The summed E-state index contributed by atoms with van der Waals surface area (Å²) >= 11 is 0. The zero-order valence-electron chi connectivity index (χ0n) is 15.8. The number of rotatable bonds is 7. The van der Waals surface area contributed by atoms with Crippen LogP contribution in [0.15, 0.2) is 54.6 Å². The summed E-state index contributed by atoms with van der Waals surface area (Å²) in [4.78, 5) is 26.6. The van der Waals surface area contributed by atoms with Crippen LogP contribution in [0, 0.1) is 12.8 Å². The van der Waals surface area contributed by atoms with Gasteiger partial charge in [0.15, 0.2) is 0 Å². The first-order valence-corrected chi connectivity index (χ1v) is 9.54. The lowest BCUT2D eigenvalue weighted by molar-refractivity contribution is -0.121. The molecule has 1 aliphatic rings. The maximum absolute atomic E-state index is 12.1. The third-order valence-corrected chi connectivity index (χ3v) is 5.02. The number of nitrogens with zero attached hydrogens (tertiary/aromatic N) is 1. The summed E-state index contributed by atoms with van der Waals surface area (Å²) in [6.07, 6.45) is 1.38. The summed E-state index contributed by atoms with van der Waals surface area (Å²) in [7, 11) is 0. The van der Waals surface area contributed by atoms with Gasteiger partial charge in [-0.1, -0.05) is 36.4 Å². The number of hydrogen-bond donors (Lipinski definition) is 2. The van der Waals surface area contributed by atoms with E-state index in [0.29, 0.717) is 31.0 Å². The lowest BCUT2D eigenvalue weighted by Crippen LogP contribution is -2.34. The summed E-state index contributed by atoms with van der Waals surface area (Å²) < 4.78 is 0. The molecule has 1 saturated heterocycles. The monoisotopic (exact) mass is 365 g/mol. The standard InChI is InChI=1S/C22H27N3O2/c1-17-7-5-6-10-20(17)22(27)23-13-11-21(26)24-15-18-12-14-25(16-18)19-8-3-2-4-9-19/h2-10,18H,11-16H2,1H3,(H,23,27)(H,24,26). The molecule has 142 valence electrons. The van der Waals surface area contributed by atoms with Gasteiger partial charge >= 0.3 is 0 Å². The maximum Gasteiger partial charge on any atom is 0.251 e. The molecule has 3 rings (SSSR count). The number of benzene rings is 2. The van der Waals surface area contributed by atoms with Crippen molar-refractivity contribution in [1.82, 2.24) is 10.6 Å². The van der Waals surface area contributed by atoms with Crippen molar-refractivity contribution in [2.45, 2.75) is 19.8 Å². The summed E-state index contributed by atoms with van der Waals surface area (Å²) in [6.45, 7) is 4.93. The van der Waals surface area contributed by atoms with E-state index in [0.717, 1.165) is 25.1 Å². The Morgan fingerprint density at radius 1 is 1.04 bits per heavy atom. The van der Waals surface area contributed by atoms with E-state index in [-0.39, 0.29) is 11.8 Å². The van der Waals surface area contributed by atoms with E-state index in [2.05, 4.69) is 39.8 Å². The van der Waals surface area contributed by atoms with Gasteiger partial charge in [0.1, 0.15) is 0 Å². The van der Waals surface area contributed by atoms with Crippen LogP contribution in [-0.2, 0) is 4.79 Å². The van der Waals surface area contributed by atoms with Crippen LogP contribution in [0.3, 0.4) is 0 Å². The number of anilines is 1. The quantitative estimate of drug-likeness (QED) is 0.793. The Kier molecular flexibility index (Phi) is 6.47. The number of aryl methyl sites for hydroxylation is 1. The van der Waals surface area contributed by atoms with Gasteiger partial charge in [-0.15, -0.1) is 0 Å². The summed E-state index contributed by atoms with van der Waals surface area (Å²) in [6, 6.07) is 17.8. The molecule has 0 saturated carbocycles. The van der Waals surface area contributed by atoms with Crippen molar-refractivity contribution in [2.24, 2.45) is 5.92 Å². The van der Waals surface area contributed by atoms with Gasteiger partial charge in [0, 0.05) is 43.9 Å². The molecule has 0 bridgehead atoms. The first-order valence-electron chi connectivity index (χ1n) is 9.54. The zero-order chi connectivity index (χ0) is 19.1.